The van der Waals surface area contributed by atoms with E-state index in [4.69, 9.17) is 9.15 Å². The molecule has 1 atom stereocenters. The molecule has 1 aromatic carbocycles. The molecule has 1 aliphatic rings. The average molecular weight is 356 g/mol. The van der Waals surface area contributed by atoms with Gasteiger partial charge in [0.2, 0.25) is 5.91 Å². The summed E-state index contributed by atoms with van der Waals surface area (Å²) in [6, 6.07) is 10.9. The van der Waals surface area contributed by atoms with Gasteiger partial charge in [-0.2, -0.15) is 0 Å². The van der Waals surface area contributed by atoms with Crippen LogP contribution in [-0.4, -0.2) is 36.9 Å². The normalized spacial score (nSPS) is 19.8. The molecule has 6 nitrogen and oxygen atoms in total. The second-order valence-corrected chi connectivity index (χ2v) is 6.90. The highest BCUT2D eigenvalue weighted by atomic mass is 16.5. The summed E-state index contributed by atoms with van der Waals surface area (Å²) >= 11 is 0. The van der Waals surface area contributed by atoms with Crippen molar-refractivity contribution < 1.29 is 18.7 Å². The first-order chi connectivity index (χ1) is 12.5. The molecule has 2 amide bonds. The fraction of sp³-hybridized carbons (Fsp3) is 0.400. The first-order valence-corrected chi connectivity index (χ1v) is 8.76. The predicted molar refractivity (Wildman–Crippen MR) is 96.8 cm³/mol. The highest BCUT2D eigenvalue weighted by Gasteiger charge is 2.39. The number of likely N-dealkylation sites (tertiary alicyclic amines) is 1. The van der Waals surface area contributed by atoms with Gasteiger partial charge in [0.25, 0.3) is 5.91 Å². The molecule has 1 fully saturated rings. The van der Waals surface area contributed by atoms with Gasteiger partial charge in [-0.15, -0.1) is 0 Å². The smallest absolute Gasteiger partial charge is 0.289 e. The zero-order valence-corrected chi connectivity index (χ0v) is 15.2. The molecule has 26 heavy (non-hydrogen) atoms. The number of carbonyl (C=O) groups is 2. The summed E-state index contributed by atoms with van der Waals surface area (Å²) in [7, 11) is 1.62. The Hall–Kier alpha value is -2.76. The van der Waals surface area contributed by atoms with Gasteiger partial charge in [0, 0.05) is 19.6 Å². The summed E-state index contributed by atoms with van der Waals surface area (Å²) in [5.74, 6) is 0.897. The van der Waals surface area contributed by atoms with Crippen LogP contribution in [0.4, 0.5) is 0 Å². The zero-order valence-electron chi connectivity index (χ0n) is 15.2. The molecule has 1 aliphatic heterocycles. The maximum atomic E-state index is 12.8. The van der Waals surface area contributed by atoms with Crippen LogP contribution in [0.25, 0.3) is 0 Å². The van der Waals surface area contributed by atoms with Gasteiger partial charge in [-0.25, -0.2) is 0 Å². The highest BCUT2D eigenvalue weighted by molar-refractivity contribution is 5.92. The number of carbonyl (C=O) groups excluding carboxylic acids is 2. The fourth-order valence-corrected chi connectivity index (χ4v) is 3.29. The number of piperidine rings is 1. The van der Waals surface area contributed by atoms with Crippen LogP contribution in [0.5, 0.6) is 5.75 Å². The molecule has 3 rings (SSSR count). The van der Waals surface area contributed by atoms with Gasteiger partial charge in [-0.05, 0) is 49.6 Å². The molecule has 0 radical (unpaired) electrons. The van der Waals surface area contributed by atoms with Crippen LogP contribution < -0.4 is 10.1 Å². The molecule has 138 valence electrons. The van der Waals surface area contributed by atoms with Gasteiger partial charge in [0.1, 0.15) is 5.75 Å². The quantitative estimate of drug-likeness (QED) is 0.894. The van der Waals surface area contributed by atoms with E-state index in [1.54, 1.807) is 24.1 Å². The molecule has 1 aromatic heterocycles. The summed E-state index contributed by atoms with van der Waals surface area (Å²) in [6.45, 7) is 3.39. The Kier molecular flexibility index (Phi) is 5.30. The van der Waals surface area contributed by atoms with Gasteiger partial charge >= 0.3 is 0 Å². The van der Waals surface area contributed by atoms with E-state index < -0.39 is 5.41 Å². The van der Waals surface area contributed by atoms with Crippen LogP contribution in [-0.2, 0) is 11.3 Å². The van der Waals surface area contributed by atoms with E-state index >= 15 is 0 Å². The lowest BCUT2D eigenvalue weighted by Gasteiger charge is -2.39. The molecule has 2 heterocycles. The van der Waals surface area contributed by atoms with Crippen LogP contribution in [0.2, 0.25) is 0 Å². The lowest BCUT2D eigenvalue weighted by molar-refractivity contribution is -0.132. The van der Waals surface area contributed by atoms with E-state index in [1.807, 2.05) is 31.2 Å². The van der Waals surface area contributed by atoms with Crippen molar-refractivity contribution >= 4 is 11.8 Å². The van der Waals surface area contributed by atoms with Crippen molar-refractivity contribution in [3.05, 3.63) is 54.0 Å². The van der Waals surface area contributed by atoms with Crippen molar-refractivity contribution in [1.82, 2.24) is 10.2 Å². The molecule has 2 aromatic rings. The summed E-state index contributed by atoms with van der Waals surface area (Å²) < 4.78 is 10.3. The third-order valence-electron chi connectivity index (χ3n) is 4.88. The third-order valence-corrected chi connectivity index (χ3v) is 4.88. The Bertz CT molecular complexity index is 755. The number of rotatable bonds is 5. The SMILES string of the molecule is COc1ccc(CNC(=O)[C@]2(C)CCCN(C(=O)c3ccco3)C2)cc1. The largest absolute Gasteiger partial charge is 0.497 e. The maximum Gasteiger partial charge on any atom is 0.289 e. The molecule has 0 saturated carbocycles. The third kappa shape index (κ3) is 3.90. The van der Waals surface area contributed by atoms with Crippen LogP contribution in [0.1, 0.15) is 35.9 Å². The summed E-state index contributed by atoms with van der Waals surface area (Å²) in [4.78, 5) is 27.0. The predicted octanol–water partition coefficient (Wildman–Crippen LogP) is 2.85. The van der Waals surface area contributed by atoms with Gasteiger partial charge < -0.3 is 19.4 Å². The van der Waals surface area contributed by atoms with E-state index in [0.717, 1.165) is 24.2 Å². The standard InChI is InChI=1S/C20H24N2O4/c1-20(19(24)21-13-15-6-8-16(25-2)9-7-15)10-4-11-22(14-20)18(23)17-5-3-12-26-17/h3,5-9,12H,4,10-11,13-14H2,1-2H3,(H,21,24)/t20-/m1/s1. The first-order valence-electron chi connectivity index (χ1n) is 8.76. The Morgan fingerprint density at radius 1 is 1.27 bits per heavy atom. The molecule has 0 aliphatic carbocycles. The highest BCUT2D eigenvalue weighted by Crippen LogP contribution is 2.30. The molecule has 1 saturated heterocycles. The monoisotopic (exact) mass is 356 g/mol. The van der Waals surface area contributed by atoms with Crippen molar-refractivity contribution in [2.24, 2.45) is 5.41 Å². The molecular weight excluding hydrogens is 332 g/mol. The lowest BCUT2D eigenvalue weighted by Crippen LogP contribution is -2.51. The summed E-state index contributed by atoms with van der Waals surface area (Å²) in [6.07, 6.45) is 3.03. The second-order valence-electron chi connectivity index (χ2n) is 6.90. The molecule has 0 bridgehead atoms. The van der Waals surface area contributed by atoms with Gasteiger partial charge in [-0.1, -0.05) is 12.1 Å². The van der Waals surface area contributed by atoms with Crippen LogP contribution in [0.3, 0.4) is 0 Å². The van der Waals surface area contributed by atoms with E-state index in [0.29, 0.717) is 25.4 Å². The number of benzene rings is 1. The Balaban J connectivity index is 1.60. The maximum absolute atomic E-state index is 12.8. The van der Waals surface area contributed by atoms with Crippen LogP contribution >= 0.6 is 0 Å². The zero-order chi connectivity index (χ0) is 18.6. The minimum absolute atomic E-state index is 0.0368. The summed E-state index contributed by atoms with van der Waals surface area (Å²) in [5, 5.41) is 3.00. The lowest BCUT2D eigenvalue weighted by atomic mass is 9.80. The van der Waals surface area contributed by atoms with Crippen LogP contribution in [0, 0.1) is 5.41 Å². The fourth-order valence-electron chi connectivity index (χ4n) is 3.29. The number of methoxy groups -OCH3 is 1. The molecule has 1 N–H and O–H groups in total. The van der Waals surface area contributed by atoms with Crippen molar-refractivity contribution in [3.63, 3.8) is 0 Å². The number of nitrogens with zero attached hydrogens (tertiary/aromatic N) is 1. The molecule has 0 unspecified atom stereocenters. The van der Waals surface area contributed by atoms with Crippen molar-refractivity contribution in [2.45, 2.75) is 26.3 Å². The molecular formula is C20H24N2O4. The Morgan fingerprint density at radius 2 is 2.04 bits per heavy atom. The number of hydrogen-bond donors (Lipinski definition) is 1. The topological polar surface area (TPSA) is 71.8 Å². The second kappa shape index (κ2) is 7.64. The minimum Gasteiger partial charge on any atom is -0.497 e. The Morgan fingerprint density at radius 3 is 2.69 bits per heavy atom. The van der Waals surface area contributed by atoms with Crippen molar-refractivity contribution in [1.29, 1.82) is 0 Å². The van der Waals surface area contributed by atoms with Gasteiger partial charge in [0.05, 0.1) is 18.8 Å². The van der Waals surface area contributed by atoms with E-state index in [9.17, 15) is 9.59 Å². The van der Waals surface area contributed by atoms with E-state index in [-0.39, 0.29) is 11.8 Å². The van der Waals surface area contributed by atoms with Crippen molar-refractivity contribution in [2.75, 3.05) is 20.2 Å². The molecule has 6 heteroatoms. The Labute approximate surface area is 153 Å². The number of nitrogens with one attached hydrogen (secondary N) is 1. The number of amides is 2. The average Bonchev–Trinajstić information content (AvgIpc) is 3.20. The van der Waals surface area contributed by atoms with Crippen molar-refractivity contribution in [3.8, 4) is 5.75 Å². The van der Waals surface area contributed by atoms with Gasteiger partial charge in [0.15, 0.2) is 5.76 Å². The van der Waals surface area contributed by atoms with E-state index in [1.165, 1.54) is 6.26 Å². The summed E-state index contributed by atoms with van der Waals surface area (Å²) in [5.41, 5.74) is 0.398. The van der Waals surface area contributed by atoms with Gasteiger partial charge in [-0.3, -0.25) is 9.59 Å². The van der Waals surface area contributed by atoms with E-state index in [2.05, 4.69) is 5.32 Å². The minimum atomic E-state index is -0.604. The molecule has 0 spiro atoms. The number of hydrogen-bond acceptors (Lipinski definition) is 4. The number of furan rings is 1. The van der Waals surface area contributed by atoms with Crippen LogP contribution in [0.15, 0.2) is 47.1 Å². The first kappa shape index (κ1) is 18.0. The number of ether oxygens (including phenoxy) is 1.